The Kier molecular flexibility index (Phi) is 8.62. The molecule has 0 saturated carbocycles. The van der Waals surface area contributed by atoms with Crippen LogP contribution < -0.4 is 10.1 Å². The fourth-order valence-corrected chi connectivity index (χ4v) is 2.72. The molecule has 0 bridgehead atoms. The van der Waals surface area contributed by atoms with Crippen LogP contribution in [0.15, 0.2) is 54.6 Å². The second kappa shape index (κ2) is 11.0. The summed E-state index contributed by atoms with van der Waals surface area (Å²) in [5.41, 5.74) is 1.97. The van der Waals surface area contributed by atoms with Crippen LogP contribution in [-0.4, -0.2) is 35.5 Å². The van der Waals surface area contributed by atoms with E-state index in [1.165, 1.54) is 5.56 Å². The highest BCUT2D eigenvalue weighted by molar-refractivity contribution is 5.35. The van der Waals surface area contributed by atoms with Crippen molar-refractivity contribution in [1.29, 1.82) is 0 Å². The molecule has 0 heterocycles. The molecule has 0 aliphatic carbocycles. The quantitative estimate of drug-likeness (QED) is 0.576. The van der Waals surface area contributed by atoms with Gasteiger partial charge in [-0.15, -0.1) is 0 Å². The number of ether oxygens (including phenoxy) is 1. The molecule has 0 spiro atoms. The Morgan fingerprint density at radius 1 is 1.00 bits per heavy atom. The summed E-state index contributed by atoms with van der Waals surface area (Å²) in [7, 11) is 0. The van der Waals surface area contributed by atoms with Gasteiger partial charge in [0.1, 0.15) is 18.5 Å². The van der Waals surface area contributed by atoms with E-state index in [2.05, 4.69) is 31.3 Å². The maximum atomic E-state index is 10.6. The normalized spacial score (nSPS) is 14.6. The average Bonchev–Trinajstić information content (AvgIpc) is 2.69. The van der Waals surface area contributed by atoms with E-state index >= 15 is 0 Å². The fraction of sp³-hybridized carbons (Fsp3) is 0.455. The minimum Gasteiger partial charge on any atom is -0.490 e. The second-order valence-electron chi connectivity index (χ2n) is 6.76. The molecule has 142 valence electrons. The van der Waals surface area contributed by atoms with Crippen molar-refractivity contribution in [3.05, 3.63) is 65.7 Å². The first-order chi connectivity index (χ1) is 12.6. The third-order valence-corrected chi connectivity index (χ3v) is 4.57. The number of para-hydroxylation sites is 1. The van der Waals surface area contributed by atoms with Crippen molar-refractivity contribution < 1.29 is 14.9 Å². The zero-order valence-corrected chi connectivity index (χ0v) is 15.8. The summed E-state index contributed by atoms with van der Waals surface area (Å²) >= 11 is 0. The molecule has 2 aromatic carbocycles. The molecule has 4 heteroatoms. The van der Waals surface area contributed by atoms with Gasteiger partial charge in [-0.2, -0.15) is 0 Å². The van der Waals surface area contributed by atoms with Crippen LogP contribution in [0.1, 0.15) is 43.9 Å². The zero-order valence-electron chi connectivity index (χ0n) is 15.8. The maximum Gasteiger partial charge on any atom is 0.125 e. The van der Waals surface area contributed by atoms with Crippen molar-refractivity contribution in [3.8, 4) is 5.75 Å². The smallest absolute Gasteiger partial charge is 0.125 e. The van der Waals surface area contributed by atoms with Crippen molar-refractivity contribution in [2.45, 2.75) is 51.4 Å². The molecule has 3 unspecified atom stereocenters. The number of hydrogen-bond donors (Lipinski definition) is 3. The van der Waals surface area contributed by atoms with Gasteiger partial charge in [-0.1, -0.05) is 55.5 Å². The van der Waals surface area contributed by atoms with Crippen LogP contribution in [0.4, 0.5) is 0 Å². The standard InChI is InChI=1S/C22H31NO3/c1-3-17(2)23-15-19(24)16-26-22-12-8-7-11-20(22)21(25)14-13-18-9-5-4-6-10-18/h4-12,17,19,21,23-25H,3,13-16H2,1-2H3. The molecular formula is C22H31NO3. The zero-order chi connectivity index (χ0) is 18.8. The number of rotatable bonds is 11. The fourth-order valence-electron chi connectivity index (χ4n) is 2.72. The van der Waals surface area contributed by atoms with Crippen molar-refractivity contribution in [1.82, 2.24) is 5.32 Å². The summed E-state index contributed by atoms with van der Waals surface area (Å²) < 4.78 is 5.79. The van der Waals surface area contributed by atoms with E-state index in [0.29, 0.717) is 24.8 Å². The van der Waals surface area contributed by atoms with Gasteiger partial charge in [0.2, 0.25) is 0 Å². The summed E-state index contributed by atoms with van der Waals surface area (Å²) in [5.74, 6) is 0.635. The van der Waals surface area contributed by atoms with Crippen LogP contribution in [0.5, 0.6) is 5.75 Å². The van der Waals surface area contributed by atoms with Crippen LogP contribution in [0.25, 0.3) is 0 Å². The predicted molar refractivity (Wildman–Crippen MR) is 105 cm³/mol. The van der Waals surface area contributed by atoms with E-state index in [9.17, 15) is 10.2 Å². The summed E-state index contributed by atoms with van der Waals surface area (Å²) in [6, 6.07) is 18.0. The van der Waals surface area contributed by atoms with Gasteiger partial charge in [-0.3, -0.25) is 0 Å². The predicted octanol–water partition coefficient (Wildman–Crippen LogP) is 3.48. The molecule has 2 rings (SSSR count). The third-order valence-electron chi connectivity index (χ3n) is 4.57. The Morgan fingerprint density at radius 2 is 1.69 bits per heavy atom. The molecule has 2 aromatic rings. The van der Waals surface area contributed by atoms with E-state index in [-0.39, 0.29) is 6.61 Å². The molecule has 3 N–H and O–H groups in total. The van der Waals surface area contributed by atoms with Gasteiger partial charge < -0.3 is 20.3 Å². The molecule has 0 saturated heterocycles. The Morgan fingerprint density at radius 3 is 2.42 bits per heavy atom. The van der Waals surface area contributed by atoms with E-state index in [1.54, 1.807) is 0 Å². The lowest BCUT2D eigenvalue weighted by Gasteiger charge is -2.19. The summed E-state index contributed by atoms with van der Waals surface area (Å²) in [6.45, 7) is 4.89. The highest BCUT2D eigenvalue weighted by atomic mass is 16.5. The topological polar surface area (TPSA) is 61.7 Å². The van der Waals surface area contributed by atoms with E-state index in [4.69, 9.17) is 4.74 Å². The first kappa shape index (κ1) is 20.4. The highest BCUT2D eigenvalue weighted by Gasteiger charge is 2.15. The molecular weight excluding hydrogens is 326 g/mol. The molecule has 3 atom stereocenters. The van der Waals surface area contributed by atoms with Crippen LogP contribution in [0.2, 0.25) is 0 Å². The van der Waals surface area contributed by atoms with Crippen molar-refractivity contribution >= 4 is 0 Å². The molecule has 0 aliphatic heterocycles. The highest BCUT2D eigenvalue weighted by Crippen LogP contribution is 2.28. The van der Waals surface area contributed by atoms with Gasteiger partial charge in [0, 0.05) is 18.2 Å². The molecule has 0 aromatic heterocycles. The number of aliphatic hydroxyl groups excluding tert-OH is 2. The van der Waals surface area contributed by atoms with Crippen LogP contribution >= 0.6 is 0 Å². The number of aryl methyl sites for hydroxylation is 1. The Bertz CT molecular complexity index is 632. The van der Waals surface area contributed by atoms with E-state index in [0.717, 1.165) is 18.4 Å². The van der Waals surface area contributed by atoms with Crippen molar-refractivity contribution in [3.63, 3.8) is 0 Å². The summed E-state index contributed by atoms with van der Waals surface area (Å²) in [6.07, 6.45) is 1.27. The van der Waals surface area contributed by atoms with Crippen LogP contribution in [0, 0.1) is 0 Å². The van der Waals surface area contributed by atoms with Gasteiger partial charge in [0.15, 0.2) is 0 Å². The number of benzene rings is 2. The Labute approximate surface area is 156 Å². The maximum absolute atomic E-state index is 10.6. The van der Waals surface area contributed by atoms with Gasteiger partial charge in [0.25, 0.3) is 0 Å². The largest absolute Gasteiger partial charge is 0.490 e. The first-order valence-electron chi connectivity index (χ1n) is 9.45. The molecule has 0 radical (unpaired) electrons. The van der Waals surface area contributed by atoms with E-state index in [1.807, 2.05) is 42.5 Å². The molecule has 26 heavy (non-hydrogen) atoms. The lowest BCUT2D eigenvalue weighted by Crippen LogP contribution is -2.36. The van der Waals surface area contributed by atoms with E-state index < -0.39 is 12.2 Å². The van der Waals surface area contributed by atoms with Crippen LogP contribution in [0.3, 0.4) is 0 Å². The van der Waals surface area contributed by atoms with Gasteiger partial charge in [-0.05, 0) is 37.8 Å². The lowest BCUT2D eigenvalue weighted by atomic mass is 10.0. The summed E-state index contributed by atoms with van der Waals surface area (Å²) in [5, 5.41) is 23.9. The molecule has 0 aliphatic rings. The van der Waals surface area contributed by atoms with Gasteiger partial charge in [0.05, 0.1) is 6.10 Å². The molecule has 4 nitrogen and oxygen atoms in total. The first-order valence-corrected chi connectivity index (χ1v) is 9.45. The SMILES string of the molecule is CCC(C)NCC(O)COc1ccccc1C(O)CCc1ccccc1. The molecule has 0 fully saturated rings. The molecule has 0 amide bonds. The number of nitrogens with one attached hydrogen (secondary N) is 1. The van der Waals surface area contributed by atoms with Crippen molar-refractivity contribution in [2.75, 3.05) is 13.2 Å². The monoisotopic (exact) mass is 357 g/mol. The van der Waals surface area contributed by atoms with Gasteiger partial charge in [-0.25, -0.2) is 0 Å². The average molecular weight is 357 g/mol. The van der Waals surface area contributed by atoms with Crippen molar-refractivity contribution in [2.24, 2.45) is 0 Å². The minimum atomic E-state index is -0.596. The minimum absolute atomic E-state index is 0.200. The Hall–Kier alpha value is -1.88. The summed E-state index contributed by atoms with van der Waals surface area (Å²) in [4.78, 5) is 0. The Balaban J connectivity index is 1.88. The van der Waals surface area contributed by atoms with Crippen LogP contribution in [-0.2, 0) is 6.42 Å². The number of hydrogen-bond acceptors (Lipinski definition) is 4. The lowest BCUT2D eigenvalue weighted by molar-refractivity contribution is 0.0994. The third kappa shape index (κ3) is 6.79. The second-order valence-corrected chi connectivity index (χ2v) is 6.76. The van der Waals surface area contributed by atoms with Gasteiger partial charge >= 0.3 is 0 Å². The number of aliphatic hydroxyl groups is 2.